The van der Waals surface area contributed by atoms with Crippen molar-refractivity contribution in [2.75, 3.05) is 13.1 Å². The molecule has 0 spiro atoms. The fraction of sp³-hybridized carbons (Fsp3) is 0.312. The Hall–Kier alpha value is -1.22. The number of aromatic nitrogens is 2. The van der Waals surface area contributed by atoms with Gasteiger partial charge in [-0.05, 0) is 75.6 Å². The van der Waals surface area contributed by atoms with Crippen molar-refractivity contribution in [1.29, 1.82) is 0 Å². The molecule has 5 nitrogen and oxygen atoms in total. The Morgan fingerprint density at radius 3 is 2.65 bits per heavy atom. The van der Waals surface area contributed by atoms with Crippen LogP contribution in [0.5, 0.6) is 6.01 Å². The van der Waals surface area contributed by atoms with Crippen LogP contribution in [0.1, 0.15) is 23.2 Å². The number of hydrogen-bond acceptors (Lipinski definition) is 4. The average molecular weight is 488 g/mol. The molecule has 1 saturated heterocycles. The van der Waals surface area contributed by atoms with E-state index in [9.17, 15) is 4.79 Å². The monoisotopic (exact) mass is 487 g/mol. The van der Waals surface area contributed by atoms with Crippen molar-refractivity contribution in [2.24, 2.45) is 0 Å². The highest BCUT2D eigenvalue weighted by atomic mass is 127. The van der Waals surface area contributed by atoms with E-state index in [-0.39, 0.29) is 12.0 Å². The molecular weight excluding hydrogens is 473 g/mol. The van der Waals surface area contributed by atoms with Crippen molar-refractivity contribution in [3.05, 3.63) is 50.3 Å². The van der Waals surface area contributed by atoms with Crippen LogP contribution in [0.2, 0.25) is 0 Å². The van der Waals surface area contributed by atoms with Gasteiger partial charge in [-0.3, -0.25) is 4.79 Å². The molecule has 1 aliphatic rings. The topological polar surface area (TPSA) is 55.3 Å². The van der Waals surface area contributed by atoms with E-state index >= 15 is 0 Å². The molecule has 2 aromatic rings. The highest BCUT2D eigenvalue weighted by Crippen LogP contribution is 2.18. The largest absolute Gasteiger partial charge is 0.458 e. The lowest BCUT2D eigenvalue weighted by molar-refractivity contribution is 0.0515. The highest BCUT2D eigenvalue weighted by Gasteiger charge is 2.26. The summed E-state index contributed by atoms with van der Waals surface area (Å²) in [6, 6.07) is 7.98. The third-order valence-corrected chi connectivity index (χ3v) is 4.75. The van der Waals surface area contributed by atoms with Crippen molar-refractivity contribution >= 4 is 44.4 Å². The van der Waals surface area contributed by atoms with E-state index in [2.05, 4.69) is 48.5 Å². The Kier molecular flexibility index (Phi) is 5.47. The van der Waals surface area contributed by atoms with Gasteiger partial charge in [0.2, 0.25) is 0 Å². The predicted molar refractivity (Wildman–Crippen MR) is 98.4 cm³/mol. The van der Waals surface area contributed by atoms with Crippen LogP contribution >= 0.6 is 38.5 Å². The maximum atomic E-state index is 12.6. The summed E-state index contributed by atoms with van der Waals surface area (Å²) in [5, 5.41) is 0. The van der Waals surface area contributed by atoms with E-state index in [4.69, 9.17) is 4.74 Å². The van der Waals surface area contributed by atoms with Crippen LogP contribution in [0.4, 0.5) is 0 Å². The van der Waals surface area contributed by atoms with Crippen molar-refractivity contribution < 1.29 is 9.53 Å². The number of piperidine rings is 1. The van der Waals surface area contributed by atoms with Gasteiger partial charge in [-0.15, -0.1) is 0 Å². The summed E-state index contributed by atoms with van der Waals surface area (Å²) in [6.07, 6.45) is 5.05. The molecule has 1 aromatic heterocycles. The summed E-state index contributed by atoms with van der Waals surface area (Å²) in [5.74, 6) is 0.0476. The van der Waals surface area contributed by atoms with Crippen LogP contribution in [-0.2, 0) is 0 Å². The number of nitrogens with zero attached hydrogens (tertiary/aromatic N) is 3. The van der Waals surface area contributed by atoms with Gasteiger partial charge < -0.3 is 9.64 Å². The Balaban J connectivity index is 1.64. The summed E-state index contributed by atoms with van der Waals surface area (Å²) in [6.45, 7) is 1.32. The molecule has 1 aromatic carbocycles. The fourth-order valence-electron chi connectivity index (χ4n) is 2.50. The number of likely N-dealkylation sites (tertiary alicyclic amines) is 1. The van der Waals surface area contributed by atoms with Gasteiger partial charge >= 0.3 is 6.01 Å². The van der Waals surface area contributed by atoms with Crippen LogP contribution < -0.4 is 4.74 Å². The number of benzene rings is 1. The van der Waals surface area contributed by atoms with E-state index in [0.29, 0.717) is 18.1 Å². The molecule has 0 bridgehead atoms. The SMILES string of the molecule is O=C(c1ccc(I)cc1)N1CCCC(Oc2ncc(Br)cn2)C1. The predicted octanol–water partition coefficient (Wildman–Crippen LogP) is 3.53. The lowest BCUT2D eigenvalue weighted by atomic mass is 10.1. The van der Waals surface area contributed by atoms with E-state index in [1.165, 1.54) is 0 Å². The summed E-state index contributed by atoms with van der Waals surface area (Å²) in [7, 11) is 0. The van der Waals surface area contributed by atoms with Gasteiger partial charge in [0, 0.05) is 28.1 Å². The first-order valence-electron chi connectivity index (χ1n) is 7.31. The second kappa shape index (κ2) is 7.57. The Morgan fingerprint density at radius 1 is 1.26 bits per heavy atom. The zero-order valence-corrected chi connectivity index (χ0v) is 16.0. The first-order chi connectivity index (χ1) is 11.1. The Bertz CT molecular complexity index is 679. The average Bonchev–Trinajstić information content (AvgIpc) is 2.57. The van der Waals surface area contributed by atoms with E-state index in [0.717, 1.165) is 27.4 Å². The molecule has 1 aliphatic heterocycles. The zero-order chi connectivity index (χ0) is 16.2. The molecule has 0 N–H and O–H groups in total. The van der Waals surface area contributed by atoms with Gasteiger partial charge in [-0.1, -0.05) is 0 Å². The standard InChI is InChI=1S/C16H15BrIN3O2/c17-12-8-19-16(20-9-12)23-14-2-1-7-21(10-14)15(22)11-3-5-13(18)6-4-11/h3-6,8-9,14H,1-2,7,10H2. The van der Waals surface area contributed by atoms with Crippen LogP contribution in [0, 0.1) is 3.57 Å². The Labute approximate surface area is 156 Å². The second-order valence-electron chi connectivity index (χ2n) is 5.32. The molecule has 7 heteroatoms. The summed E-state index contributed by atoms with van der Waals surface area (Å²) in [5.41, 5.74) is 0.714. The summed E-state index contributed by atoms with van der Waals surface area (Å²) >= 11 is 5.53. The molecule has 1 atom stereocenters. The van der Waals surface area contributed by atoms with Gasteiger partial charge in [0.25, 0.3) is 5.91 Å². The molecule has 23 heavy (non-hydrogen) atoms. The van der Waals surface area contributed by atoms with Gasteiger partial charge in [-0.2, -0.15) is 0 Å². The number of ether oxygens (including phenoxy) is 1. The van der Waals surface area contributed by atoms with Crippen LogP contribution in [0.25, 0.3) is 0 Å². The number of halogens is 2. The first kappa shape index (κ1) is 16.6. The van der Waals surface area contributed by atoms with Crippen molar-refractivity contribution in [2.45, 2.75) is 18.9 Å². The molecule has 2 heterocycles. The molecule has 0 radical (unpaired) electrons. The van der Waals surface area contributed by atoms with Gasteiger partial charge in [0.15, 0.2) is 0 Å². The highest BCUT2D eigenvalue weighted by molar-refractivity contribution is 14.1. The quantitative estimate of drug-likeness (QED) is 0.621. The first-order valence-corrected chi connectivity index (χ1v) is 9.18. The fourth-order valence-corrected chi connectivity index (χ4v) is 3.07. The van der Waals surface area contributed by atoms with Crippen LogP contribution in [0.15, 0.2) is 41.1 Å². The van der Waals surface area contributed by atoms with Crippen molar-refractivity contribution in [3.8, 4) is 6.01 Å². The molecule has 1 unspecified atom stereocenters. The molecular formula is C16H15BrIN3O2. The maximum Gasteiger partial charge on any atom is 0.316 e. The lowest BCUT2D eigenvalue weighted by Gasteiger charge is -2.32. The molecule has 120 valence electrons. The van der Waals surface area contributed by atoms with E-state index < -0.39 is 0 Å². The normalized spacial score (nSPS) is 17.8. The van der Waals surface area contributed by atoms with E-state index in [1.807, 2.05) is 29.2 Å². The van der Waals surface area contributed by atoms with E-state index in [1.54, 1.807) is 12.4 Å². The molecule has 0 saturated carbocycles. The Morgan fingerprint density at radius 2 is 1.96 bits per heavy atom. The molecule has 1 amide bonds. The van der Waals surface area contributed by atoms with Gasteiger partial charge in [-0.25, -0.2) is 9.97 Å². The van der Waals surface area contributed by atoms with Crippen molar-refractivity contribution in [1.82, 2.24) is 14.9 Å². The summed E-state index contributed by atoms with van der Waals surface area (Å²) in [4.78, 5) is 22.7. The van der Waals surface area contributed by atoms with Crippen LogP contribution in [-0.4, -0.2) is 40.0 Å². The minimum atomic E-state index is -0.0716. The number of hydrogen-bond donors (Lipinski definition) is 0. The van der Waals surface area contributed by atoms with Crippen molar-refractivity contribution in [3.63, 3.8) is 0 Å². The number of carbonyl (C=O) groups excluding carboxylic acids is 1. The van der Waals surface area contributed by atoms with Gasteiger partial charge in [0.1, 0.15) is 6.10 Å². The molecule has 0 aliphatic carbocycles. The molecule has 3 rings (SSSR count). The maximum absolute atomic E-state index is 12.6. The summed E-state index contributed by atoms with van der Waals surface area (Å²) < 4.78 is 7.73. The third kappa shape index (κ3) is 4.41. The number of rotatable bonds is 3. The second-order valence-corrected chi connectivity index (χ2v) is 7.49. The lowest BCUT2D eigenvalue weighted by Crippen LogP contribution is -2.44. The number of carbonyl (C=O) groups is 1. The van der Waals surface area contributed by atoms with Gasteiger partial charge in [0.05, 0.1) is 11.0 Å². The molecule has 1 fully saturated rings. The van der Waals surface area contributed by atoms with Crippen LogP contribution in [0.3, 0.4) is 0 Å². The minimum Gasteiger partial charge on any atom is -0.458 e. The minimum absolute atomic E-state index is 0.0476. The smallest absolute Gasteiger partial charge is 0.316 e. The zero-order valence-electron chi connectivity index (χ0n) is 12.3. The number of amides is 1. The third-order valence-electron chi connectivity index (χ3n) is 3.63.